The van der Waals surface area contributed by atoms with Gasteiger partial charge in [-0.25, -0.2) is 22.6 Å². The molecule has 282 valence electrons. The smallest absolute Gasteiger partial charge is 0.405 e. The SMILES string of the molecule is CC[C@@H]1O[C@H](C)CC/C=C\[C@@H]2CC2(C(=O)NS(=O)(=O)C2(C)CC2)NC(=O)[C@@H]2C[C@@H](Oc3ncc(OC)c4ccc(F)cc34)CN2C(=O)[C@H]1NC(=O)O. The highest BCUT2D eigenvalue weighted by Crippen LogP contribution is 2.47. The topological polar surface area (TPSA) is 203 Å². The highest BCUT2D eigenvalue weighted by atomic mass is 32.2. The number of allylic oxidation sites excluding steroid dienone is 1. The monoisotopic (exact) mass is 745 g/mol. The van der Waals surface area contributed by atoms with Crippen LogP contribution < -0.4 is 24.8 Å². The van der Waals surface area contributed by atoms with Crippen molar-refractivity contribution in [3.63, 3.8) is 0 Å². The number of halogens is 1. The summed E-state index contributed by atoms with van der Waals surface area (Å²) in [6, 6.07) is 1.29. The van der Waals surface area contributed by atoms with Gasteiger partial charge in [-0.1, -0.05) is 19.1 Å². The molecule has 4 N–H and O–H groups in total. The maximum absolute atomic E-state index is 14.4. The molecular formula is C35H44FN5O10S. The van der Waals surface area contributed by atoms with E-state index in [1.54, 1.807) is 26.8 Å². The molecule has 1 unspecified atom stereocenters. The van der Waals surface area contributed by atoms with Crippen LogP contribution in [0.5, 0.6) is 11.6 Å². The van der Waals surface area contributed by atoms with Crippen molar-refractivity contribution in [1.29, 1.82) is 0 Å². The summed E-state index contributed by atoms with van der Waals surface area (Å²) >= 11 is 0. The lowest BCUT2D eigenvalue weighted by atomic mass is 10.0. The molecule has 2 aromatic rings. The number of rotatable bonds is 8. The lowest BCUT2D eigenvalue weighted by Gasteiger charge is -2.33. The largest absolute Gasteiger partial charge is 0.494 e. The molecule has 0 spiro atoms. The summed E-state index contributed by atoms with van der Waals surface area (Å²) in [4.78, 5) is 60.0. The van der Waals surface area contributed by atoms with Crippen LogP contribution in [0.25, 0.3) is 10.8 Å². The lowest BCUT2D eigenvalue weighted by Crippen LogP contribution is -2.60. The van der Waals surface area contributed by atoms with E-state index in [2.05, 4.69) is 20.3 Å². The van der Waals surface area contributed by atoms with Crippen LogP contribution in [-0.2, 0) is 29.1 Å². The summed E-state index contributed by atoms with van der Waals surface area (Å²) in [7, 11) is -2.60. The maximum atomic E-state index is 14.4. The van der Waals surface area contributed by atoms with E-state index in [0.29, 0.717) is 36.8 Å². The lowest BCUT2D eigenvalue weighted by molar-refractivity contribution is -0.145. The zero-order valence-electron chi connectivity index (χ0n) is 29.4. The van der Waals surface area contributed by atoms with Crippen molar-refractivity contribution < 1.29 is 51.3 Å². The number of nitrogens with one attached hydrogen (secondary N) is 3. The third kappa shape index (κ3) is 7.24. The van der Waals surface area contributed by atoms with Gasteiger partial charge in [-0.05, 0) is 70.6 Å². The minimum atomic E-state index is -4.04. The van der Waals surface area contributed by atoms with Crippen LogP contribution in [0.4, 0.5) is 9.18 Å². The van der Waals surface area contributed by atoms with Crippen molar-refractivity contribution in [3.8, 4) is 11.6 Å². The predicted molar refractivity (Wildman–Crippen MR) is 184 cm³/mol. The number of benzene rings is 1. The summed E-state index contributed by atoms with van der Waals surface area (Å²) in [6.45, 7) is 4.89. The van der Waals surface area contributed by atoms with Gasteiger partial charge in [-0.15, -0.1) is 0 Å². The van der Waals surface area contributed by atoms with E-state index >= 15 is 0 Å². The van der Waals surface area contributed by atoms with E-state index in [4.69, 9.17) is 14.2 Å². The van der Waals surface area contributed by atoms with Crippen molar-refractivity contribution in [2.45, 2.75) is 106 Å². The van der Waals surface area contributed by atoms with Crippen molar-refractivity contribution in [1.82, 2.24) is 25.2 Å². The Labute approximate surface area is 300 Å². The Bertz CT molecular complexity index is 1910. The normalized spacial score (nSPS) is 30.8. The van der Waals surface area contributed by atoms with Crippen LogP contribution in [0.1, 0.15) is 65.7 Å². The first-order valence-electron chi connectivity index (χ1n) is 17.4. The van der Waals surface area contributed by atoms with E-state index in [1.807, 2.05) is 6.08 Å². The van der Waals surface area contributed by atoms with Gasteiger partial charge in [0, 0.05) is 17.7 Å². The molecule has 1 aromatic carbocycles. The number of carbonyl (C=O) groups excluding carboxylic acids is 3. The summed E-state index contributed by atoms with van der Waals surface area (Å²) in [5.41, 5.74) is -1.61. The molecule has 1 aromatic heterocycles. The van der Waals surface area contributed by atoms with Crippen LogP contribution in [0.15, 0.2) is 36.5 Å². The molecule has 15 nitrogen and oxygen atoms in total. The molecule has 2 aliphatic carbocycles. The molecule has 4 amide bonds. The molecule has 6 rings (SSSR count). The summed E-state index contributed by atoms with van der Waals surface area (Å²) in [5.74, 6) is -3.10. The molecular weight excluding hydrogens is 701 g/mol. The fraction of sp³-hybridized carbons (Fsp3) is 0.571. The highest BCUT2D eigenvalue weighted by Gasteiger charge is 2.63. The highest BCUT2D eigenvalue weighted by molar-refractivity contribution is 7.91. The zero-order chi connectivity index (χ0) is 37.6. The number of pyridine rings is 1. The van der Waals surface area contributed by atoms with Gasteiger partial charge in [0.2, 0.25) is 27.7 Å². The van der Waals surface area contributed by atoms with E-state index in [9.17, 15) is 37.1 Å². The first-order chi connectivity index (χ1) is 24.6. The number of aromatic nitrogens is 1. The molecule has 3 fully saturated rings. The van der Waals surface area contributed by atoms with Crippen LogP contribution in [0.3, 0.4) is 0 Å². The Morgan fingerprint density at radius 1 is 1.23 bits per heavy atom. The third-order valence-corrected chi connectivity index (χ3v) is 12.7. The molecule has 17 heteroatoms. The number of sulfonamides is 1. The number of hydrogen-bond acceptors (Lipinski definition) is 10. The second-order valence-electron chi connectivity index (χ2n) is 14.3. The summed E-state index contributed by atoms with van der Waals surface area (Å²) < 4.78 is 59.5. The van der Waals surface area contributed by atoms with E-state index in [-0.39, 0.29) is 37.1 Å². The maximum Gasteiger partial charge on any atom is 0.405 e. The van der Waals surface area contributed by atoms with Gasteiger partial charge < -0.3 is 34.9 Å². The molecule has 1 saturated heterocycles. The predicted octanol–water partition coefficient (Wildman–Crippen LogP) is 2.77. The number of carboxylic acid groups (broad SMARTS) is 1. The summed E-state index contributed by atoms with van der Waals surface area (Å²) in [5, 5.41) is 15.6. The molecule has 3 heterocycles. The van der Waals surface area contributed by atoms with Crippen molar-refractivity contribution in [3.05, 3.63) is 42.4 Å². The fourth-order valence-electron chi connectivity index (χ4n) is 7.01. The van der Waals surface area contributed by atoms with Gasteiger partial charge in [0.1, 0.15) is 35.3 Å². The Morgan fingerprint density at radius 2 is 1.98 bits per heavy atom. The average molecular weight is 746 g/mol. The molecule has 0 bridgehead atoms. The Kier molecular flexibility index (Phi) is 10.1. The number of hydrogen-bond donors (Lipinski definition) is 4. The number of methoxy groups -OCH3 is 1. The second kappa shape index (κ2) is 14.1. The number of ether oxygens (including phenoxy) is 3. The van der Waals surface area contributed by atoms with Crippen molar-refractivity contribution in [2.24, 2.45) is 5.92 Å². The van der Waals surface area contributed by atoms with E-state index in [1.165, 1.54) is 36.4 Å². The van der Waals surface area contributed by atoms with Gasteiger partial charge in [-0.3, -0.25) is 19.1 Å². The average Bonchev–Trinajstić information content (AvgIpc) is 3.97. The van der Waals surface area contributed by atoms with E-state index in [0.717, 1.165) is 0 Å². The first kappa shape index (κ1) is 37.3. The molecule has 52 heavy (non-hydrogen) atoms. The van der Waals surface area contributed by atoms with Crippen molar-refractivity contribution in [2.75, 3.05) is 13.7 Å². The Morgan fingerprint density at radius 3 is 2.65 bits per heavy atom. The quantitative estimate of drug-likeness (QED) is 0.290. The van der Waals surface area contributed by atoms with Crippen LogP contribution in [-0.4, -0.2) is 102 Å². The van der Waals surface area contributed by atoms with E-state index < -0.39 is 86.3 Å². The minimum Gasteiger partial charge on any atom is -0.494 e. The summed E-state index contributed by atoms with van der Waals surface area (Å²) in [6.07, 6.45) is 3.39. The standard InChI is InChI=1S/C35H44FN5O10S/c1-5-26-28(38-33(45)46)31(43)41-18-22(51-30-24-14-21(36)10-11-23(24)27(49-4)17-37-30)15-25(41)29(42)39-35(16-20(35)9-7-6-8-19(2)50-26)32(44)40-52(47,48)34(3)12-13-34/h7,9-11,14,17,19-20,22,25-26,28,38H,5-6,8,12-13,15-16,18H2,1-4H3,(H,39,42)(H,40,44)(H,45,46)/b9-7-/t19-,20-,22-,25+,26+,28+,35?/m1/s1. The van der Waals surface area contributed by atoms with Crippen LogP contribution in [0, 0.1) is 11.7 Å². The molecule has 4 aliphatic rings. The molecule has 2 aliphatic heterocycles. The van der Waals surface area contributed by atoms with Gasteiger partial charge in [0.25, 0.3) is 5.91 Å². The Balaban J connectivity index is 1.36. The second-order valence-corrected chi connectivity index (χ2v) is 16.5. The van der Waals surface area contributed by atoms with Crippen molar-refractivity contribution >= 4 is 44.6 Å². The van der Waals surface area contributed by atoms with Gasteiger partial charge >= 0.3 is 6.09 Å². The number of fused-ring (bicyclic) bond motifs is 3. The Hall–Kier alpha value is -4.51. The van der Waals surface area contributed by atoms with Gasteiger partial charge in [0.05, 0.1) is 42.2 Å². The number of amides is 4. The minimum absolute atomic E-state index is 0.0155. The molecule has 0 radical (unpaired) electrons. The zero-order valence-corrected chi connectivity index (χ0v) is 30.2. The van der Waals surface area contributed by atoms with Gasteiger partial charge in [0.15, 0.2) is 0 Å². The first-order valence-corrected chi connectivity index (χ1v) is 18.9. The molecule has 7 atom stereocenters. The van der Waals surface area contributed by atoms with Crippen LogP contribution in [0.2, 0.25) is 0 Å². The number of nitrogens with zero attached hydrogens (tertiary/aromatic N) is 2. The van der Waals surface area contributed by atoms with Gasteiger partial charge in [-0.2, -0.15) is 0 Å². The fourth-order valence-corrected chi connectivity index (χ4v) is 8.33. The third-order valence-electron chi connectivity index (χ3n) is 10.6. The number of carbonyl (C=O) groups is 4. The molecule has 2 saturated carbocycles. The van der Waals surface area contributed by atoms with Crippen LogP contribution >= 0.6 is 0 Å².